The topological polar surface area (TPSA) is 41.1 Å². The minimum absolute atomic E-state index is 0.734. The molecule has 0 atom stereocenters. The van der Waals surface area contributed by atoms with Crippen LogP contribution >= 0.6 is 0 Å². The van der Waals surface area contributed by atoms with Crippen molar-refractivity contribution in [3.8, 4) is 0 Å². The fraction of sp³-hybridized carbons (Fsp3) is 0.636. The van der Waals surface area contributed by atoms with Gasteiger partial charge in [0.1, 0.15) is 5.82 Å². The minimum atomic E-state index is 0.734. The quantitative estimate of drug-likeness (QED) is 0.773. The van der Waals surface area contributed by atoms with Gasteiger partial charge in [-0.25, -0.2) is 9.97 Å². The van der Waals surface area contributed by atoms with Crippen LogP contribution in [0.4, 0.5) is 0 Å². The van der Waals surface area contributed by atoms with Gasteiger partial charge in [0.25, 0.3) is 0 Å². The Balaban J connectivity index is 1.91. The molecule has 4 heteroatoms. The van der Waals surface area contributed by atoms with Gasteiger partial charge in [0.15, 0.2) is 0 Å². The molecule has 15 heavy (non-hydrogen) atoms. The Bertz CT molecular complexity index is 320. The van der Waals surface area contributed by atoms with Crippen molar-refractivity contribution in [3.05, 3.63) is 23.8 Å². The number of nitrogens with zero attached hydrogens (tertiary/aromatic N) is 3. The van der Waals surface area contributed by atoms with Crippen LogP contribution in [0.3, 0.4) is 0 Å². The summed E-state index contributed by atoms with van der Waals surface area (Å²) in [5, 5.41) is 3.45. The van der Waals surface area contributed by atoms with Crippen LogP contribution in [0.25, 0.3) is 0 Å². The average Bonchev–Trinajstić information content (AvgIpc) is 2.97. The first-order valence-electron chi connectivity index (χ1n) is 5.43. The Kier molecular flexibility index (Phi) is 3.28. The number of hydrogen-bond donors (Lipinski definition) is 1. The van der Waals surface area contributed by atoms with E-state index in [2.05, 4.69) is 20.2 Å². The highest BCUT2D eigenvalue weighted by Crippen LogP contribution is 2.18. The lowest BCUT2D eigenvalue weighted by molar-refractivity contribution is 0.389. The smallest absolute Gasteiger partial charge is 0.142 e. The van der Waals surface area contributed by atoms with E-state index >= 15 is 0 Å². The van der Waals surface area contributed by atoms with Gasteiger partial charge in [-0.05, 0) is 33.0 Å². The Morgan fingerprint density at radius 2 is 2.27 bits per heavy atom. The third-order valence-corrected chi connectivity index (χ3v) is 2.37. The molecule has 2 rings (SSSR count). The predicted octanol–water partition coefficient (Wildman–Crippen LogP) is 0.790. The Labute approximate surface area is 90.7 Å². The summed E-state index contributed by atoms with van der Waals surface area (Å²) in [7, 11) is 4.05. The summed E-state index contributed by atoms with van der Waals surface area (Å²) < 4.78 is 0. The third-order valence-electron chi connectivity index (χ3n) is 2.37. The normalized spacial score (nSPS) is 15.9. The van der Waals surface area contributed by atoms with Gasteiger partial charge in [0.2, 0.25) is 0 Å². The third kappa shape index (κ3) is 3.57. The zero-order chi connectivity index (χ0) is 10.7. The van der Waals surface area contributed by atoms with Crippen molar-refractivity contribution < 1.29 is 0 Å². The maximum Gasteiger partial charge on any atom is 0.142 e. The van der Waals surface area contributed by atoms with Crippen molar-refractivity contribution in [2.24, 2.45) is 0 Å². The highest BCUT2D eigenvalue weighted by molar-refractivity contribution is 5.03. The van der Waals surface area contributed by atoms with Gasteiger partial charge in [-0.1, -0.05) is 0 Å². The van der Waals surface area contributed by atoms with Crippen LogP contribution in [-0.2, 0) is 13.1 Å². The monoisotopic (exact) mass is 206 g/mol. The van der Waals surface area contributed by atoms with E-state index in [-0.39, 0.29) is 0 Å². The fourth-order valence-electron chi connectivity index (χ4n) is 1.44. The minimum Gasteiger partial charge on any atom is -0.308 e. The molecule has 1 saturated carbocycles. The zero-order valence-corrected chi connectivity index (χ0v) is 9.40. The number of rotatable bonds is 5. The highest BCUT2D eigenvalue weighted by Gasteiger charge is 2.20. The second kappa shape index (κ2) is 4.68. The van der Waals surface area contributed by atoms with Crippen LogP contribution < -0.4 is 5.32 Å². The predicted molar refractivity (Wildman–Crippen MR) is 59.3 cm³/mol. The standard InChI is InChI=1S/C11H18N4/c1-15(2)8-11-12-6-5-10(14-11)7-13-9-3-4-9/h5-6,9,13H,3-4,7-8H2,1-2H3. The molecule has 0 amide bonds. The van der Waals surface area contributed by atoms with E-state index in [1.54, 1.807) is 0 Å². The van der Waals surface area contributed by atoms with Gasteiger partial charge >= 0.3 is 0 Å². The van der Waals surface area contributed by atoms with Crippen LogP contribution in [0, 0.1) is 0 Å². The molecule has 82 valence electrons. The Morgan fingerprint density at radius 3 is 2.93 bits per heavy atom. The molecule has 1 aliphatic rings. The second-order valence-electron chi connectivity index (χ2n) is 4.36. The largest absolute Gasteiger partial charge is 0.308 e. The molecule has 1 heterocycles. The molecule has 4 nitrogen and oxygen atoms in total. The maximum atomic E-state index is 4.50. The molecule has 1 fully saturated rings. The van der Waals surface area contributed by atoms with Gasteiger partial charge in [0, 0.05) is 18.8 Å². The maximum absolute atomic E-state index is 4.50. The number of aromatic nitrogens is 2. The second-order valence-corrected chi connectivity index (χ2v) is 4.36. The Morgan fingerprint density at radius 1 is 1.47 bits per heavy atom. The SMILES string of the molecule is CN(C)Cc1nccc(CNC2CC2)n1. The molecule has 0 saturated heterocycles. The molecular formula is C11H18N4. The molecule has 0 spiro atoms. The van der Waals surface area contributed by atoms with E-state index in [4.69, 9.17) is 0 Å². The number of nitrogens with one attached hydrogen (secondary N) is 1. The summed E-state index contributed by atoms with van der Waals surface area (Å²) in [4.78, 5) is 10.8. The van der Waals surface area contributed by atoms with E-state index in [9.17, 15) is 0 Å². The van der Waals surface area contributed by atoms with Crippen LogP contribution in [-0.4, -0.2) is 35.0 Å². The van der Waals surface area contributed by atoms with Crippen LogP contribution in [0.5, 0.6) is 0 Å². The molecule has 1 N–H and O–H groups in total. The fourth-order valence-corrected chi connectivity index (χ4v) is 1.44. The van der Waals surface area contributed by atoms with Gasteiger partial charge in [-0.15, -0.1) is 0 Å². The summed E-state index contributed by atoms with van der Waals surface area (Å²) in [5.74, 6) is 0.898. The summed E-state index contributed by atoms with van der Waals surface area (Å²) in [6.45, 7) is 1.67. The van der Waals surface area contributed by atoms with Gasteiger partial charge in [-0.2, -0.15) is 0 Å². The van der Waals surface area contributed by atoms with E-state index < -0.39 is 0 Å². The average molecular weight is 206 g/mol. The molecule has 0 aliphatic heterocycles. The molecule has 1 aliphatic carbocycles. The molecule has 0 bridgehead atoms. The van der Waals surface area contributed by atoms with Crippen molar-refractivity contribution in [1.29, 1.82) is 0 Å². The van der Waals surface area contributed by atoms with Gasteiger partial charge < -0.3 is 10.2 Å². The van der Waals surface area contributed by atoms with E-state index in [1.807, 2.05) is 26.4 Å². The van der Waals surface area contributed by atoms with Crippen LogP contribution in [0.2, 0.25) is 0 Å². The van der Waals surface area contributed by atoms with Crippen LogP contribution in [0.15, 0.2) is 12.3 Å². The summed E-state index contributed by atoms with van der Waals surface area (Å²) >= 11 is 0. The van der Waals surface area contributed by atoms with Crippen molar-refractivity contribution in [2.45, 2.75) is 32.0 Å². The first kappa shape index (κ1) is 10.5. The summed E-state index contributed by atoms with van der Waals surface area (Å²) in [6.07, 6.45) is 4.47. The first-order chi connectivity index (χ1) is 7.24. The summed E-state index contributed by atoms with van der Waals surface area (Å²) in [5.41, 5.74) is 1.09. The van der Waals surface area contributed by atoms with Crippen molar-refractivity contribution in [3.63, 3.8) is 0 Å². The molecule has 0 unspecified atom stereocenters. The first-order valence-corrected chi connectivity index (χ1v) is 5.43. The molecular weight excluding hydrogens is 188 g/mol. The van der Waals surface area contributed by atoms with Gasteiger partial charge in [0.05, 0.1) is 12.2 Å². The lowest BCUT2D eigenvalue weighted by Crippen LogP contribution is -2.18. The van der Waals surface area contributed by atoms with Crippen molar-refractivity contribution >= 4 is 0 Å². The molecule has 0 radical (unpaired) electrons. The molecule has 1 aromatic rings. The Hall–Kier alpha value is -1.00. The highest BCUT2D eigenvalue weighted by atomic mass is 15.1. The van der Waals surface area contributed by atoms with Crippen molar-refractivity contribution in [1.82, 2.24) is 20.2 Å². The van der Waals surface area contributed by atoms with E-state index in [0.717, 1.165) is 30.6 Å². The summed E-state index contributed by atoms with van der Waals surface area (Å²) in [6, 6.07) is 2.71. The van der Waals surface area contributed by atoms with Crippen molar-refractivity contribution in [2.75, 3.05) is 14.1 Å². The lowest BCUT2D eigenvalue weighted by Gasteiger charge is -2.09. The van der Waals surface area contributed by atoms with Gasteiger partial charge in [-0.3, -0.25) is 0 Å². The molecule has 1 aromatic heterocycles. The van der Waals surface area contributed by atoms with E-state index in [1.165, 1.54) is 12.8 Å². The van der Waals surface area contributed by atoms with E-state index in [0.29, 0.717) is 0 Å². The van der Waals surface area contributed by atoms with Crippen LogP contribution in [0.1, 0.15) is 24.4 Å². The zero-order valence-electron chi connectivity index (χ0n) is 9.40. The molecule has 0 aromatic carbocycles. The number of hydrogen-bond acceptors (Lipinski definition) is 4. The lowest BCUT2D eigenvalue weighted by atomic mass is 10.4.